The van der Waals surface area contributed by atoms with Crippen molar-refractivity contribution in [3.05, 3.63) is 24.2 Å². The summed E-state index contributed by atoms with van der Waals surface area (Å²) in [5, 5.41) is 3.49. The lowest BCUT2D eigenvalue weighted by Gasteiger charge is -2.36. The molecule has 2 aliphatic rings. The third-order valence-corrected chi connectivity index (χ3v) is 5.22. The van der Waals surface area contributed by atoms with Gasteiger partial charge in [0.15, 0.2) is 11.7 Å². The Morgan fingerprint density at radius 3 is 2.33 bits per heavy atom. The van der Waals surface area contributed by atoms with Gasteiger partial charge in [0.2, 0.25) is 0 Å². The molecule has 2 saturated heterocycles. The molecule has 1 aromatic rings. The molecule has 152 valence electrons. The molecule has 0 saturated carbocycles. The molecule has 0 aliphatic carbocycles. The molecule has 27 heavy (non-hydrogen) atoms. The summed E-state index contributed by atoms with van der Waals surface area (Å²) in [6.45, 7) is 7.36. The second kappa shape index (κ2) is 11.5. The fraction of sp³-hybridized carbons (Fsp3) is 0.684. The third-order valence-electron chi connectivity index (χ3n) is 5.22. The summed E-state index contributed by atoms with van der Waals surface area (Å²) in [4.78, 5) is 23.4. The van der Waals surface area contributed by atoms with Gasteiger partial charge < -0.3 is 24.4 Å². The molecule has 0 spiro atoms. The van der Waals surface area contributed by atoms with Gasteiger partial charge in [0.1, 0.15) is 0 Å². The number of furan rings is 1. The minimum atomic E-state index is -0.0289. The van der Waals surface area contributed by atoms with Gasteiger partial charge in [0, 0.05) is 46.3 Å². The molecule has 0 unspecified atom stereocenters. The Balaban J connectivity index is 0.00000261. The van der Waals surface area contributed by atoms with Crippen LogP contribution in [0.2, 0.25) is 0 Å². The van der Waals surface area contributed by atoms with Gasteiger partial charge in [-0.2, -0.15) is 0 Å². The molecule has 0 radical (unpaired) electrons. The average molecular weight is 489 g/mol. The summed E-state index contributed by atoms with van der Waals surface area (Å²) < 4.78 is 5.22. The lowest BCUT2D eigenvalue weighted by molar-refractivity contribution is 0.0657. The first-order valence-electron chi connectivity index (χ1n) is 9.78. The Morgan fingerprint density at radius 1 is 1.07 bits per heavy atom. The molecule has 2 fully saturated rings. The van der Waals surface area contributed by atoms with Crippen LogP contribution in [0.25, 0.3) is 0 Å². The number of aliphatic imine (C=N–C) groups is 1. The maximum absolute atomic E-state index is 12.3. The fourth-order valence-electron chi connectivity index (χ4n) is 3.70. The predicted octanol–water partition coefficient (Wildman–Crippen LogP) is 2.11. The van der Waals surface area contributed by atoms with E-state index < -0.39 is 0 Å². The van der Waals surface area contributed by atoms with E-state index in [-0.39, 0.29) is 29.9 Å². The number of amides is 1. The number of carbonyl (C=O) groups is 1. The quantitative estimate of drug-likeness (QED) is 0.399. The van der Waals surface area contributed by atoms with E-state index in [2.05, 4.69) is 20.1 Å². The Kier molecular flexibility index (Phi) is 9.40. The van der Waals surface area contributed by atoms with Crippen LogP contribution in [0.1, 0.15) is 36.2 Å². The maximum atomic E-state index is 12.3. The molecule has 0 bridgehead atoms. The van der Waals surface area contributed by atoms with E-state index in [0.717, 1.165) is 32.1 Å². The summed E-state index contributed by atoms with van der Waals surface area (Å²) in [6.07, 6.45) is 6.92. The van der Waals surface area contributed by atoms with E-state index in [0.29, 0.717) is 18.8 Å². The van der Waals surface area contributed by atoms with Crippen LogP contribution in [0.4, 0.5) is 0 Å². The highest BCUT2D eigenvalue weighted by Crippen LogP contribution is 2.10. The Morgan fingerprint density at radius 2 is 1.74 bits per heavy atom. The van der Waals surface area contributed by atoms with Crippen molar-refractivity contribution in [1.82, 2.24) is 20.0 Å². The van der Waals surface area contributed by atoms with E-state index in [1.165, 1.54) is 38.8 Å². The standard InChI is InChI=1S/C19H31N5O2.HI/c1-20-19(21-8-11-22-9-4-2-3-5-10-22)24-14-12-23(13-15-24)18(25)17-7-6-16-26-17;/h6-7,16H,2-5,8-15H2,1H3,(H,20,21);1H. The zero-order valence-electron chi connectivity index (χ0n) is 16.2. The van der Waals surface area contributed by atoms with Crippen LogP contribution in [0.5, 0.6) is 0 Å². The van der Waals surface area contributed by atoms with E-state index in [1.54, 1.807) is 18.4 Å². The van der Waals surface area contributed by atoms with Gasteiger partial charge in [-0.25, -0.2) is 0 Å². The van der Waals surface area contributed by atoms with Crippen LogP contribution in [-0.4, -0.2) is 86.0 Å². The van der Waals surface area contributed by atoms with Gasteiger partial charge in [-0.1, -0.05) is 12.8 Å². The van der Waals surface area contributed by atoms with Gasteiger partial charge in [0.25, 0.3) is 5.91 Å². The molecule has 2 aliphatic heterocycles. The fourth-order valence-corrected chi connectivity index (χ4v) is 3.70. The second-order valence-electron chi connectivity index (χ2n) is 6.99. The minimum absolute atomic E-state index is 0. The normalized spacial score (nSPS) is 19.4. The van der Waals surface area contributed by atoms with E-state index >= 15 is 0 Å². The van der Waals surface area contributed by atoms with Crippen molar-refractivity contribution in [3.8, 4) is 0 Å². The first-order valence-corrected chi connectivity index (χ1v) is 9.78. The van der Waals surface area contributed by atoms with Crippen LogP contribution in [0.3, 0.4) is 0 Å². The Bertz CT molecular complexity index is 577. The highest BCUT2D eigenvalue weighted by molar-refractivity contribution is 14.0. The summed E-state index contributed by atoms with van der Waals surface area (Å²) in [6, 6.07) is 3.47. The van der Waals surface area contributed by atoms with Gasteiger partial charge in [-0.3, -0.25) is 9.79 Å². The highest BCUT2D eigenvalue weighted by atomic mass is 127. The molecule has 1 N–H and O–H groups in total. The van der Waals surface area contributed by atoms with Gasteiger partial charge in [-0.15, -0.1) is 24.0 Å². The van der Waals surface area contributed by atoms with E-state index in [4.69, 9.17) is 4.42 Å². The molecule has 8 heteroatoms. The van der Waals surface area contributed by atoms with Crippen LogP contribution >= 0.6 is 24.0 Å². The van der Waals surface area contributed by atoms with Gasteiger partial charge in [0.05, 0.1) is 6.26 Å². The maximum Gasteiger partial charge on any atom is 0.289 e. The zero-order valence-corrected chi connectivity index (χ0v) is 18.6. The summed E-state index contributed by atoms with van der Waals surface area (Å²) in [5.74, 6) is 1.32. The van der Waals surface area contributed by atoms with Crippen molar-refractivity contribution in [2.45, 2.75) is 25.7 Å². The average Bonchev–Trinajstić information content (AvgIpc) is 3.09. The second-order valence-corrected chi connectivity index (χ2v) is 6.99. The topological polar surface area (TPSA) is 64.3 Å². The lowest BCUT2D eigenvalue weighted by Crippen LogP contribution is -2.54. The van der Waals surface area contributed by atoms with Gasteiger partial charge in [-0.05, 0) is 38.1 Å². The number of hydrogen-bond donors (Lipinski definition) is 1. The number of nitrogens with zero attached hydrogens (tertiary/aromatic N) is 4. The molecular weight excluding hydrogens is 457 g/mol. The molecule has 1 amide bonds. The van der Waals surface area contributed by atoms with Crippen molar-refractivity contribution in [2.24, 2.45) is 4.99 Å². The first kappa shape index (κ1) is 22.0. The van der Waals surface area contributed by atoms with Crippen molar-refractivity contribution in [1.29, 1.82) is 0 Å². The van der Waals surface area contributed by atoms with Crippen molar-refractivity contribution in [3.63, 3.8) is 0 Å². The molecule has 0 atom stereocenters. The monoisotopic (exact) mass is 489 g/mol. The lowest BCUT2D eigenvalue weighted by atomic mass is 10.2. The third kappa shape index (κ3) is 6.38. The van der Waals surface area contributed by atoms with Crippen LogP contribution < -0.4 is 5.32 Å². The van der Waals surface area contributed by atoms with Crippen LogP contribution in [-0.2, 0) is 0 Å². The molecular formula is C19H32IN5O2. The molecule has 0 aromatic carbocycles. The number of halogens is 1. The molecule has 7 nitrogen and oxygen atoms in total. The van der Waals surface area contributed by atoms with Crippen molar-refractivity contribution in [2.75, 3.05) is 59.4 Å². The SMILES string of the molecule is CN=C(NCCN1CCCCCC1)N1CCN(C(=O)c2ccco2)CC1.I. The number of rotatable bonds is 4. The van der Waals surface area contributed by atoms with E-state index in [9.17, 15) is 4.79 Å². The van der Waals surface area contributed by atoms with Crippen LogP contribution in [0.15, 0.2) is 27.8 Å². The van der Waals surface area contributed by atoms with E-state index in [1.807, 2.05) is 11.9 Å². The molecule has 1 aromatic heterocycles. The Hall–Kier alpha value is -1.29. The first-order chi connectivity index (χ1) is 12.8. The van der Waals surface area contributed by atoms with Gasteiger partial charge >= 0.3 is 0 Å². The van der Waals surface area contributed by atoms with Crippen molar-refractivity contribution < 1.29 is 9.21 Å². The minimum Gasteiger partial charge on any atom is -0.459 e. The zero-order chi connectivity index (χ0) is 18.2. The smallest absolute Gasteiger partial charge is 0.289 e. The molecule has 3 heterocycles. The largest absolute Gasteiger partial charge is 0.459 e. The summed E-state index contributed by atoms with van der Waals surface area (Å²) in [7, 11) is 1.83. The predicted molar refractivity (Wildman–Crippen MR) is 118 cm³/mol. The summed E-state index contributed by atoms with van der Waals surface area (Å²) >= 11 is 0. The number of likely N-dealkylation sites (tertiary alicyclic amines) is 1. The Labute approximate surface area is 179 Å². The number of carbonyl (C=O) groups excluding carboxylic acids is 1. The summed E-state index contributed by atoms with van der Waals surface area (Å²) in [5.41, 5.74) is 0. The highest BCUT2D eigenvalue weighted by Gasteiger charge is 2.25. The molecule has 3 rings (SSSR count). The number of piperazine rings is 1. The van der Waals surface area contributed by atoms with Crippen molar-refractivity contribution >= 4 is 35.8 Å². The number of hydrogen-bond acceptors (Lipinski definition) is 4. The van der Waals surface area contributed by atoms with Crippen LogP contribution in [0, 0.1) is 0 Å². The number of nitrogens with one attached hydrogen (secondary N) is 1. The number of guanidine groups is 1.